The van der Waals surface area contributed by atoms with Crippen LogP contribution in [-0.4, -0.2) is 14.5 Å². The Balaban J connectivity index is 2.07. The molecule has 0 N–H and O–H groups in total. The fourth-order valence-corrected chi connectivity index (χ4v) is 1.81. The zero-order valence-electron chi connectivity index (χ0n) is 8.10. The highest BCUT2D eigenvalue weighted by molar-refractivity contribution is 6.28. The molecule has 0 aromatic carbocycles. The summed E-state index contributed by atoms with van der Waals surface area (Å²) in [4.78, 5) is 8.45. The fraction of sp³-hybridized carbons (Fsp3) is 0.273. The largest absolute Gasteiger partial charge is 0.309 e. The normalized spacial score (nSPS) is 15.5. The summed E-state index contributed by atoms with van der Waals surface area (Å²) in [6, 6.07) is 5.95. The van der Waals surface area contributed by atoms with E-state index < -0.39 is 0 Å². The second kappa shape index (κ2) is 3.35. The van der Waals surface area contributed by atoms with Crippen LogP contribution >= 0.6 is 11.6 Å². The summed E-state index contributed by atoms with van der Waals surface area (Å²) >= 11 is 5.90. The van der Waals surface area contributed by atoms with Gasteiger partial charge in [-0.1, -0.05) is 0 Å². The summed E-state index contributed by atoms with van der Waals surface area (Å²) in [5.41, 5.74) is 1.07. The molecular weight excluding hydrogens is 210 g/mol. The minimum Gasteiger partial charge on any atom is -0.309 e. The third-order valence-corrected chi connectivity index (χ3v) is 2.74. The molecule has 0 bridgehead atoms. The maximum Gasteiger partial charge on any atom is 0.224 e. The van der Waals surface area contributed by atoms with E-state index in [0.717, 1.165) is 11.5 Å². The molecule has 2 aromatic rings. The second-order valence-corrected chi connectivity index (χ2v) is 4.12. The van der Waals surface area contributed by atoms with E-state index in [1.54, 1.807) is 0 Å². The minimum absolute atomic E-state index is 0.336. The Morgan fingerprint density at radius 3 is 2.60 bits per heavy atom. The molecule has 0 amide bonds. The predicted octanol–water partition coefficient (Wildman–Crippen LogP) is 2.80. The Hall–Kier alpha value is -1.35. The number of nitrogens with zero attached hydrogens (tertiary/aromatic N) is 3. The fourth-order valence-electron chi connectivity index (χ4n) is 1.63. The van der Waals surface area contributed by atoms with Crippen molar-refractivity contribution in [3.63, 3.8) is 0 Å². The van der Waals surface area contributed by atoms with Gasteiger partial charge >= 0.3 is 0 Å². The highest BCUT2D eigenvalue weighted by atomic mass is 35.5. The lowest BCUT2D eigenvalue weighted by Crippen LogP contribution is -1.99. The number of hydrogen-bond acceptors (Lipinski definition) is 2. The first kappa shape index (κ1) is 8.92. The smallest absolute Gasteiger partial charge is 0.224 e. The Morgan fingerprint density at radius 1 is 1.20 bits per heavy atom. The molecule has 1 aliphatic rings. The molecule has 0 unspecified atom stereocenters. The van der Waals surface area contributed by atoms with Crippen LogP contribution in [0.25, 0.3) is 5.82 Å². The van der Waals surface area contributed by atoms with E-state index in [1.165, 1.54) is 12.8 Å². The lowest BCUT2D eigenvalue weighted by Gasteiger charge is -2.04. The van der Waals surface area contributed by atoms with Gasteiger partial charge in [-0.05, 0) is 36.6 Å². The molecule has 3 rings (SSSR count). The van der Waals surface area contributed by atoms with Gasteiger partial charge in [0, 0.05) is 24.4 Å². The number of hydrogen-bond donors (Lipinski definition) is 0. The van der Waals surface area contributed by atoms with Crippen molar-refractivity contribution in [2.24, 2.45) is 0 Å². The molecule has 2 heterocycles. The van der Waals surface area contributed by atoms with Crippen LogP contribution in [0, 0.1) is 0 Å². The summed E-state index contributed by atoms with van der Waals surface area (Å²) < 4.78 is 1.94. The van der Waals surface area contributed by atoms with E-state index in [9.17, 15) is 0 Å². The van der Waals surface area contributed by atoms with E-state index in [4.69, 9.17) is 11.6 Å². The van der Waals surface area contributed by atoms with Crippen LogP contribution in [0.4, 0.5) is 0 Å². The number of aromatic nitrogens is 3. The van der Waals surface area contributed by atoms with Gasteiger partial charge in [-0.15, -0.1) is 0 Å². The second-order valence-electron chi connectivity index (χ2n) is 3.78. The number of halogens is 1. The highest BCUT2D eigenvalue weighted by Gasteiger charge is 2.26. The first-order valence-corrected chi connectivity index (χ1v) is 5.38. The topological polar surface area (TPSA) is 30.7 Å². The van der Waals surface area contributed by atoms with E-state index in [2.05, 4.69) is 9.97 Å². The van der Waals surface area contributed by atoms with Gasteiger partial charge in [-0.3, -0.25) is 0 Å². The lowest BCUT2D eigenvalue weighted by molar-refractivity contribution is 0.928. The van der Waals surface area contributed by atoms with Crippen molar-refractivity contribution < 1.29 is 0 Å². The predicted molar refractivity (Wildman–Crippen MR) is 58.3 cm³/mol. The van der Waals surface area contributed by atoms with Crippen LogP contribution in [0.1, 0.15) is 24.5 Å². The highest BCUT2D eigenvalue weighted by Crippen LogP contribution is 2.39. The summed E-state index contributed by atoms with van der Waals surface area (Å²) in [5, 5.41) is 0.336. The standard InChI is InChI=1S/C11H10ClN3/c12-11-13-9(8-3-4-8)7-10(14-11)15-5-1-2-6-15/h1-2,5-8H,3-4H2. The molecule has 3 nitrogen and oxygen atoms in total. The van der Waals surface area contributed by atoms with Crippen molar-refractivity contribution in [2.75, 3.05) is 0 Å². The average Bonchev–Trinajstić information content (AvgIpc) is 2.93. The van der Waals surface area contributed by atoms with Crippen LogP contribution in [0.5, 0.6) is 0 Å². The van der Waals surface area contributed by atoms with E-state index >= 15 is 0 Å². The maximum absolute atomic E-state index is 5.90. The first-order chi connectivity index (χ1) is 7.33. The molecular formula is C11H10ClN3. The van der Waals surface area contributed by atoms with Crippen molar-refractivity contribution in [2.45, 2.75) is 18.8 Å². The Bertz CT molecular complexity index is 475. The van der Waals surface area contributed by atoms with Crippen molar-refractivity contribution in [3.8, 4) is 5.82 Å². The van der Waals surface area contributed by atoms with Crippen molar-refractivity contribution in [1.29, 1.82) is 0 Å². The summed E-state index contributed by atoms with van der Waals surface area (Å²) in [7, 11) is 0. The molecule has 0 radical (unpaired) electrons. The molecule has 2 aromatic heterocycles. The zero-order chi connectivity index (χ0) is 10.3. The zero-order valence-corrected chi connectivity index (χ0v) is 8.85. The van der Waals surface area contributed by atoms with Gasteiger partial charge in [0.1, 0.15) is 5.82 Å². The average molecular weight is 220 g/mol. The van der Waals surface area contributed by atoms with Crippen LogP contribution in [-0.2, 0) is 0 Å². The van der Waals surface area contributed by atoms with E-state index in [1.807, 2.05) is 35.2 Å². The van der Waals surface area contributed by atoms with E-state index in [0.29, 0.717) is 11.2 Å². The molecule has 0 saturated heterocycles. The maximum atomic E-state index is 5.90. The quantitative estimate of drug-likeness (QED) is 0.728. The monoisotopic (exact) mass is 219 g/mol. The molecule has 1 aliphatic carbocycles. The third-order valence-electron chi connectivity index (χ3n) is 2.57. The minimum atomic E-state index is 0.336. The van der Waals surface area contributed by atoms with Gasteiger partial charge in [0.05, 0.1) is 5.69 Å². The molecule has 1 fully saturated rings. The van der Waals surface area contributed by atoms with Crippen LogP contribution < -0.4 is 0 Å². The van der Waals surface area contributed by atoms with Gasteiger partial charge in [-0.25, -0.2) is 4.98 Å². The molecule has 4 heteroatoms. The van der Waals surface area contributed by atoms with Crippen molar-refractivity contribution in [3.05, 3.63) is 41.6 Å². The molecule has 0 spiro atoms. The van der Waals surface area contributed by atoms with Crippen LogP contribution in [0.3, 0.4) is 0 Å². The SMILES string of the molecule is Clc1nc(C2CC2)cc(-n2cccc2)n1. The lowest BCUT2D eigenvalue weighted by atomic mass is 10.3. The van der Waals surface area contributed by atoms with E-state index in [-0.39, 0.29) is 0 Å². The summed E-state index contributed by atoms with van der Waals surface area (Å²) in [5.74, 6) is 1.45. The Labute approximate surface area is 92.7 Å². The van der Waals surface area contributed by atoms with Crippen LogP contribution in [0.15, 0.2) is 30.6 Å². The van der Waals surface area contributed by atoms with Gasteiger partial charge in [0.15, 0.2) is 0 Å². The summed E-state index contributed by atoms with van der Waals surface area (Å²) in [6.07, 6.45) is 6.35. The van der Waals surface area contributed by atoms with Crippen molar-refractivity contribution in [1.82, 2.24) is 14.5 Å². The molecule has 1 saturated carbocycles. The molecule has 0 atom stereocenters. The van der Waals surface area contributed by atoms with Gasteiger partial charge in [0.2, 0.25) is 5.28 Å². The first-order valence-electron chi connectivity index (χ1n) is 5.01. The third kappa shape index (κ3) is 1.75. The Kier molecular flexibility index (Phi) is 1.99. The number of rotatable bonds is 2. The van der Waals surface area contributed by atoms with Gasteiger partial charge in [-0.2, -0.15) is 4.98 Å². The summed E-state index contributed by atoms with van der Waals surface area (Å²) in [6.45, 7) is 0. The molecule has 0 aliphatic heterocycles. The van der Waals surface area contributed by atoms with Gasteiger partial charge < -0.3 is 4.57 Å². The molecule has 76 valence electrons. The van der Waals surface area contributed by atoms with Gasteiger partial charge in [0.25, 0.3) is 0 Å². The molecule has 15 heavy (non-hydrogen) atoms. The Morgan fingerprint density at radius 2 is 1.93 bits per heavy atom. The van der Waals surface area contributed by atoms with Crippen LogP contribution in [0.2, 0.25) is 5.28 Å². The van der Waals surface area contributed by atoms with Crippen molar-refractivity contribution >= 4 is 11.6 Å².